The lowest BCUT2D eigenvalue weighted by molar-refractivity contribution is -0.239. The van der Waals surface area contributed by atoms with Crippen LogP contribution in [0.4, 0.5) is 23.3 Å². The lowest BCUT2D eigenvalue weighted by Crippen LogP contribution is -2.48. The van der Waals surface area contributed by atoms with Crippen LogP contribution in [0.1, 0.15) is 24.2 Å². The molecule has 0 saturated carbocycles. The second-order valence-electron chi connectivity index (χ2n) is 5.08. The predicted molar refractivity (Wildman–Crippen MR) is 74.9 cm³/mol. The van der Waals surface area contributed by atoms with Gasteiger partial charge in [0.15, 0.2) is 0 Å². The van der Waals surface area contributed by atoms with Crippen LogP contribution in [-0.2, 0) is 4.74 Å². The highest BCUT2D eigenvalue weighted by Crippen LogP contribution is 2.38. The zero-order valence-electron chi connectivity index (χ0n) is 12.8. The summed E-state index contributed by atoms with van der Waals surface area (Å²) in [5.41, 5.74) is 0.450. The van der Waals surface area contributed by atoms with Crippen LogP contribution in [0.25, 0.3) is 0 Å². The van der Waals surface area contributed by atoms with Crippen molar-refractivity contribution in [1.29, 1.82) is 0 Å². The molecule has 0 amide bonds. The van der Waals surface area contributed by atoms with Crippen LogP contribution in [0.2, 0.25) is 0 Å². The van der Waals surface area contributed by atoms with E-state index in [1.165, 1.54) is 31.2 Å². The first kappa shape index (κ1) is 17.5. The summed E-state index contributed by atoms with van der Waals surface area (Å²) < 4.78 is 57.9. The van der Waals surface area contributed by atoms with Gasteiger partial charge in [0.25, 0.3) is 0 Å². The number of hydrogen-bond donors (Lipinski definition) is 0. The Morgan fingerprint density at radius 3 is 2.52 bits per heavy atom. The lowest BCUT2D eigenvalue weighted by Gasteiger charge is -2.30. The minimum atomic E-state index is -4.76. The Labute approximate surface area is 130 Å². The van der Waals surface area contributed by atoms with E-state index < -0.39 is 24.5 Å². The molecule has 23 heavy (non-hydrogen) atoms. The maximum Gasteiger partial charge on any atom is 0.421 e. The Hall–Kier alpha value is -1.87. The largest absolute Gasteiger partial charge is 0.462 e. The van der Waals surface area contributed by atoms with Gasteiger partial charge in [-0.05, 0) is 32.0 Å². The quantitative estimate of drug-likeness (QED) is 0.482. The molecular formula is C14H17F4N3O2. The third kappa shape index (κ3) is 3.25. The van der Waals surface area contributed by atoms with E-state index in [2.05, 4.69) is 0 Å². The number of carbonyl (C=O) groups is 1. The first-order chi connectivity index (χ1) is 10.7. The summed E-state index contributed by atoms with van der Waals surface area (Å²) >= 11 is 0. The van der Waals surface area contributed by atoms with Crippen molar-refractivity contribution in [2.45, 2.75) is 32.4 Å². The summed E-state index contributed by atoms with van der Waals surface area (Å²) in [5, 5.41) is 1.63. The SMILES string of the molecule is CCOC(=O)c1cccc(N2C(C)N(F)C(C(F)(F)F)N2C)c1. The summed E-state index contributed by atoms with van der Waals surface area (Å²) in [7, 11) is 1.14. The third-order valence-corrected chi connectivity index (χ3v) is 3.55. The van der Waals surface area contributed by atoms with E-state index in [0.29, 0.717) is 0 Å². The van der Waals surface area contributed by atoms with Crippen LogP contribution in [0.15, 0.2) is 24.3 Å². The number of ether oxygens (including phenoxy) is 1. The number of carbonyl (C=O) groups excluding carboxylic acids is 1. The molecule has 1 aliphatic rings. The van der Waals surface area contributed by atoms with Crippen molar-refractivity contribution in [3.63, 3.8) is 0 Å². The van der Waals surface area contributed by atoms with Crippen LogP contribution < -0.4 is 5.01 Å². The highest BCUT2D eigenvalue weighted by Gasteiger charge is 2.56. The van der Waals surface area contributed by atoms with Gasteiger partial charge in [0.05, 0.1) is 17.9 Å². The van der Waals surface area contributed by atoms with Gasteiger partial charge in [-0.15, -0.1) is 4.48 Å². The van der Waals surface area contributed by atoms with Gasteiger partial charge in [0, 0.05) is 7.05 Å². The molecule has 1 aromatic rings. The van der Waals surface area contributed by atoms with Crippen molar-refractivity contribution in [2.75, 3.05) is 18.7 Å². The van der Waals surface area contributed by atoms with E-state index in [1.807, 2.05) is 0 Å². The molecule has 0 aromatic heterocycles. The summed E-state index contributed by atoms with van der Waals surface area (Å²) in [4.78, 5) is 11.7. The highest BCUT2D eigenvalue weighted by atomic mass is 19.4. The summed E-state index contributed by atoms with van der Waals surface area (Å²) in [6, 6.07) is 5.86. The zero-order chi connectivity index (χ0) is 17.4. The molecule has 0 aliphatic carbocycles. The van der Waals surface area contributed by atoms with Gasteiger partial charge in [-0.25, -0.2) is 4.79 Å². The number of hydrogen-bond acceptors (Lipinski definition) is 5. The third-order valence-electron chi connectivity index (χ3n) is 3.55. The lowest BCUT2D eigenvalue weighted by atomic mass is 10.2. The minimum Gasteiger partial charge on any atom is -0.462 e. The fourth-order valence-electron chi connectivity index (χ4n) is 2.59. The summed E-state index contributed by atoms with van der Waals surface area (Å²) in [6.45, 7) is 3.13. The first-order valence-corrected chi connectivity index (χ1v) is 6.98. The fraction of sp³-hybridized carbons (Fsp3) is 0.500. The van der Waals surface area contributed by atoms with Crippen LogP contribution in [0.3, 0.4) is 0 Å². The van der Waals surface area contributed by atoms with Crippen LogP contribution in [0.5, 0.6) is 0 Å². The van der Waals surface area contributed by atoms with Gasteiger partial charge >= 0.3 is 12.1 Å². The predicted octanol–water partition coefficient (Wildman–Crippen LogP) is 2.95. The van der Waals surface area contributed by atoms with Crippen molar-refractivity contribution in [3.8, 4) is 0 Å². The van der Waals surface area contributed by atoms with Crippen LogP contribution >= 0.6 is 0 Å². The number of rotatable bonds is 3. The van der Waals surface area contributed by atoms with Crippen molar-refractivity contribution in [1.82, 2.24) is 10.1 Å². The Kier molecular flexibility index (Phi) is 4.81. The second kappa shape index (κ2) is 6.32. The molecule has 1 fully saturated rings. The first-order valence-electron chi connectivity index (χ1n) is 6.98. The Morgan fingerprint density at radius 2 is 2.00 bits per heavy atom. The van der Waals surface area contributed by atoms with Crippen molar-refractivity contribution >= 4 is 11.7 Å². The maximum atomic E-state index is 14.0. The van der Waals surface area contributed by atoms with Crippen molar-refractivity contribution < 1.29 is 27.2 Å². The number of nitrogens with zero attached hydrogens (tertiary/aromatic N) is 3. The molecule has 0 N–H and O–H groups in total. The van der Waals surface area contributed by atoms with E-state index in [1.54, 1.807) is 6.92 Å². The normalized spacial score (nSPS) is 23.3. The topological polar surface area (TPSA) is 36.0 Å². The van der Waals surface area contributed by atoms with Crippen molar-refractivity contribution in [3.05, 3.63) is 29.8 Å². The van der Waals surface area contributed by atoms with Gasteiger partial charge in [0.1, 0.15) is 6.17 Å². The van der Waals surface area contributed by atoms with Crippen LogP contribution in [0, 0.1) is 0 Å². The van der Waals surface area contributed by atoms with E-state index in [9.17, 15) is 22.4 Å². The van der Waals surface area contributed by atoms with Gasteiger partial charge < -0.3 is 4.74 Å². The summed E-state index contributed by atoms with van der Waals surface area (Å²) in [6.07, 6.45) is -8.32. The number of halogens is 4. The molecule has 1 heterocycles. The zero-order valence-corrected chi connectivity index (χ0v) is 12.8. The minimum absolute atomic E-state index is 0.178. The van der Waals surface area contributed by atoms with Crippen LogP contribution in [-0.4, -0.2) is 48.3 Å². The Morgan fingerprint density at radius 1 is 1.35 bits per heavy atom. The van der Waals surface area contributed by atoms with Gasteiger partial charge in [0.2, 0.25) is 6.17 Å². The Balaban J connectivity index is 2.35. The monoisotopic (exact) mass is 335 g/mol. The number of benzene rings is 1. The molecule has 0 bridgehead atoms. The average molecular weight is 335 g/mol. The molecule has 1 saturated heterocycles. The molecular weight excluding hydrogens is 318 g/mol. The molecule has 0 spiro atoms. The smallest absolute Gasteiger partial charge is 0.421 e. The maximum absolute atomic E-state index is 14.0. The van der Waals surface area contributed by atoms with Gasteiger partial charge in [-0.2, -0.15) is 18.2 Å². The fourth-order valence-corrected chi connectivity index (χ4v) is 2.59. The van der Waals surface area contributed by atoms with Crippen molar-refractivity contribution in [2.24, 2.45) is 0 Å². The van der Waals surface area contributed by atoms with Gasteiger partial charge in [-0.3, -0.25) is 5.01 Å². The number of alkyl halides is 3. The molecule has 2 atom stereocenters. The highest BCUT2D eigenvalue weighted by molar-refractivity contribution is 5.90. The van der Waals surface area contributed by atoms with E-state index in [-0.39, 0.29) is 23.0 Å². The van der Waals surface area contributed by atoms with E-state index in [0.717, 1.165) is 17.1 Å². The molecule has 2 unspecified atom stereocenters. The summed E-state index contributed by atoms with van der Waals surface area (Å²) in [5.74, 6) is -0.590. The molecule has 128 valence electrons. The molecule has 9 heteroatoms. The van der Waals surface area contributed by atoms with E-state index >= 15 is 0 Å². The average Bonchev–Trinajstić information content (AvgIpc) is 2.69. The number of hydrazine groups is 1. The molecule has 1 aliphatic heterocycles. The molecule has 2 rings (SSSR count). The molecule has 5 nitrogen and oxygen atoms in total. The molecule has 0 radical (unpaired) electrons. The number of esters is 1. The Bertz CT molecular complexity index is 581. The number of anilines is 1. The standard InChI is InChI=1S/C14H17F4N3O2/c1-4-23-12(22)10-6-5-7-11(8-10)21-9(2)20(18)13(19(21)3)14(15,16)17/h5-9,13H,4H2,1-3H3. The molecule has 1 aromatic carbocycles. The van der Waals surface area contributed by atoms with Gasteiger partial charge in [-0.1, -0.05) is 11.2 Å². The second-order valence-corrected chi connectivity index (χ2v) is 5.08. The van der Waals surface area contributed by atoms with E-state index in [4.69, 9.17) is 4.74 Å².